The summed E-state index contributed by atoms with van der Waals surface area (Å²) in [5.41, 5.74) is 3.66. The summed E-state index contributed by atoms with van der Waals surface area (Å²) in [4.78, 5) is 29.4. The second kappa shape index (κ2) is 10.5. The topological polar surface area (TPSA) is 68.2 Å². The second-order valence-corrected chi connectivity index (χ2v) is 7.93. The number of amides is 1. The third kappa shape index (κ3) is 5.18. The van der Waals surface area contributed by atoms with Crippen LogP contribution in [0.4, 0.5) is 0 Å². The zero-order valence-corrected chi connectivity index (χ0v) is 18.9. The first-order chi connectivity index (χ1) is 15.8. The van der Waals surface area contributed by atoms with Crippen molar-refractivity contribution >= 4 is 29.2 Å². The lowest BCUT2D eigenvalue weighted by Crippen LogP contribution is -2.37. The first-order valence-corrected chi connectivity index (χ1v) is 10.9. The molecule has 5 rings (SSSR count). The number of hydrogen-bond acceptors (Lipinski definition) is 5. The van der Waals surface area contributed by atoms with Crippen LogP contribution in [-0.4, -0.2) is 45.0 Å². The zero-order chi connectivity index (χ0) is 21.8. The summed E-state index contributed by atoms with van der Waals surface area (Å²) >= 11 is 0. The van der Waals surface area contributed by atoms with Gasteiger partial charge in [0.1, 0.15) is 0 Å². The number of nitrogens with zero attached hydrogens (tertiary/aromatic N) is 4. The standard InChI is InChI=1S/C26H24N4O2.ClH/c31-26(30(18-20-9-7-15-32-20)17-19-8-3-5-13-27-19)22-16-25(24-12-4-6-14-28-24)29-23-11-2-1-10-21(22)23;/h1-6,8,10-14,16,20H,7,9,15,17-18H2;1H. The molecule has 1 atom stereocenters. The number of aromatic nitrogens is 3. The highest BCUT2D eigenvalue weighted by Crippen LogP contribution is 2.26. The lowest BCUT2D eigenvalue weighted by atomic mass is 10.0. The van der Waals surface area contributed by atoms with Gasteiger partial charge in [-0.05, 0) is 49.2 Å². The number of hydrogen-bond donors (Lipinski definition) is 0. The minimum Gasteiger partial charge on any atom is -0.376 e. The molecule has 3 aromatic heterocycles. The minimum atomic E-state index is -0.0538. The fourth-order valence-corrected chi connectivity index (χ4v) is 4.11. The predicted molar refractivity (Wildman–Crippen MR) is 130 cm³/mol. The Labute approximate surface area is 199 Å². The molecule has 1 aliphatic heterocycles. The van der Waals surface area contributed by atoms with Crippen molar-refractivity contribution in [1.29, 1.82) is 0 Å². The highest BCUT2D eigenvalue weighted by Gasteiger charge is 2.26. The maximum atomic E-state index is 13.9. The molecule has 1 aromatic carbocycles. The SMILES string of the molecule is Cl.O=C(c1cc(-c2ccccn2)nc2ccccc12)N(Cc1ccccn1)CC1CCCO1. The van der Waals surface area contributed by atoms with E-state index in [1.54, 1.807) is 12.4 Å². The molecule has 0 spiro atoms. The lowest BCUT2D eigenvalue weighted by Gasteiger charge is -2.26. The quantitative estimate of drug-likeness (QED) is 0.408. The number of benzene rings is 1. The Morgan fingerprint density at radius 3 is 2.48 bits per heavy atom. The van der Waals surface area contributed by atoms with Gasteiger partial charge in [0.05, 0.1) is 40.8 Å². The first-order valence-electron chi connectivity index (χ1n) is 10.9. The molecule has 1 fully saturated rings. The van der Waals surface area contributed by atoms with Crippen LogP contribution in [0.5, 0.6) is 0 Å². The molecule has 7 heteroatoms. The molecule has 4 aromatic rings. The summed E-state index contributed by atoms with van der Waals surface area (Å²) in [5.74, 6) is -0.0538. The van der Waals surface area contributed by atoms with Gasteiger partial charge in [-0.2, -0.15) is 0 Å². The fraction of sp³-hybridized carbons (Fsp3) is 0.231. The number of carbonyl (C=O) groups is 1. The monoisotopic (exact) mass is 460 g/mol. The van der Waals surface area contributed by atoms with E-state index in [1.165, 1.54) is 0 Å². The van der Waals surface area contributed by atoms with Crippen LogP contribution in [-0.2, 0) is 11.3 Å². The average Bonchev–Trinajstić information content (AvgIpc) is 3.37. The molecule has 0 radical (unpaired) electrons. The second-order valence-electron chi connectivity index (χ2n) is 7.93. The third-order valence-corrected chi connectivity index (χ3v) is 5.69. The van der Waals surface area contributed by atoms with E-state index in [-0.39, 0.29) is 24.4 Å². The van der Waals surface area contributed by atoms with E-state index >= 15 is 0 Å². The van der Waals surface area contributed by atoms with Crippen molar-refractivity contribution < 1.29 is 9.53 Å². The number of halogens is 1. The summed E-state index contributed by atoms with van der Waals surface area (Å²) in [6.45, 7) is 1.71. The van der Waals surface area contributed by atoms with Crippen LogP contribution < -0.4 is 0 Å². The maximum Gasteiger partial charge on any atom is 0.255 e. The summed E-state index contributed by atoms with van der Waals surface area (Å²) < 4.78 is 5.85. The van der Waals surface area contributed by atoms with Crippen molar-refractivity contribution in [3.8, 4) is 11.4 Å². The van der Waals surface area contributed by atoms with Crippen LogP contribution >= 0.6 is 12.4 Å². The Balaban J connectivity index is 0.00000259. The molecule has 33 heavy (non-hydrogen) atoms. The number of rotatable bonds is 6. The van der Waals surface area contributed by atoms with Gasteiger partial charge in [-0.25, -0.2) is 4.98 Å². The van der Waals surface area contributed by atoms with Gasteiger partial charge in [0, 0.05) is 30.9 Å². The van der Waals surface area contributed by atoms with Crippen molar-refractivity contribution in [2.24, 2.45) is 0 Å². The third-order valence-electron chi connectivity index (χ3n) is 5.69. The van der Waals surface area contributed by atoms with E-state index in [0.29, 0.717) is 24.3 Å². The van der Waals surface area contributed by atoms with Gasteiger partial charge in [0.2, 0.25) is 0 Å². The molecule has 0 aliphatic carbocycles. The molecular weight excluding hydrogens is 436 g/mol. The van der Waals surface area contributed by atoms with Crippen LogP contribution in [0, 0.1) is 0 Å². The minimum absolute atomic E-state index is 0. The number of pyridine rings is 3. The summed E-state index contributed by atoms with van der Waals surface area (Å²) in [6.07, 6.45) is 5.52. The molecule has 0 bridgehead atoms. The Kier molecular flexibility index (Phi) is 7.27. The van der Waals surface area contributed by atoms with Crippen LogP contribution in [0.15, 0.2) is 79.1 Å². The van der Waals surface area contributed by atoms with Gasteiger partial charge in [-0.1, -0.05) is 30.3 Å². The van der Waals surface area contributed by atoms with Crippen LogP contribution in [0.3, 0.4) is 0 Å². The van der Waals surface area contributed by atoms with E-state index in [2.05, 4.69) is 9.97 Å². The van der Waals surface area contributed by atoms with Gasteiger partial charge in [-0.15, -0.1) is 12.4 Å². The molecule has 0 N–H and O–H groups in total. The Morgan fingerprint density at radius 2 is 1.76 bits per heavy atom. The molecule has 1 aliphatic rings. The summed E-state index contributed by atoms with van der Waals surface area (Å²) in [6, 6.07) is 21.1. The number of fused-ring (bicyclic) bond motifs is 1. The molecule has 6 nitrogen and oxygen atoms in total. The highest BCUT2D eigenvalue weighted by atomic mass is 35.5. The molecule has 1 amide bonds. The normalized spacial score (nSPS) is 15.2. The van der Waals surface area contributed by atoms with Crippen molar-refractivity contribution in [3.05, 3.63) is 90.4 Å². The Bertz CT molecular complexity index is 1210. The van der Waals surface area contributed by atoms with Gasteiger partial charge in [-0.3, -0.25) is 14.8 Å². The van der Waals surface area contributed by atoms with Gasteiger partial charge in [0.25, 0.3) is 5.91 Å². The Morgan fingerprint density at radius 1 is 0.970 bits per heavy atom. The molecule has 1 unspecified atom stereocenters. The van der Waals surface area contributed by atoms with Crippen LogP contribution in [0.25, 0.3) is 22.3 Å². The number of ether oxygens (including phenoxy) is 1. The number of carbonyl (C=O) groups excluding carboxylic acids is 1. The summed E-state index contributed by atoms with van der Waals surface area (Å²) in [5, 5.41) is 0.829. The van der Waals surface area contributed by atoms with Crippen LogP contribution in [0.2, 0.25) is 0 Å². The number of para-hydroxylation sites is 1. The van der Waals surface area contributed by atoms with Crippen molar-refractivity contribution in [2.75, 3.05) is 13.2 Å². The van der Waals surface area contributed by atoms with Crippen LogP contribution in [0.1, 0.15) is 28.9 Å². The maximum absolute atomic E-state index is 13.9. The Hall–Kier alpha value is -3.35. The predicted octanol–water partition coefficient (Wildman–Crippen LogP) is 4.94. The highest BCUT2D eigenvalue weighted by molar-refractivity contribution is 6.07. The molecule has 168 valence electrons. The van der Waals surface area contributed by atoms with E-state index in [4.69, 9.17) is 9.72 Å². The average molecular weight is 461 g/mol. The smallest absolute Gasteiger partial charge is 0.255 e. The van der Waals surface area contributed by atoms with E-state index in [0.717, 1.165) is 41.7 Å². The van der Waals surface area contributed by atoms with Crippen molar-refractivity contribution in [3.63, 3.8) is 0 Å². The molecule has 0 saturated carbocycles. The molecule has 4 heterocycles. The van der Waals surface area contributed by atoms with Crippen molar-refractivity contribution in [1.82, 2.24) is 19.9 Å². The van der Waals surface area contributed by atoms with Gasteiger partial charge in [0.15, 0.2) is 0 Å². The van der Waals surface area contributed by atoms with Gasteiger partial charge < -0.3 is 9.64 Å². The lowest BCUT2D eigenvalue weighted by molar-refractivity contribution is 0.0506. The van der Waals surface area contributed by atoms with E-state index in [1.807, 2.05) is 71.6 Å². The van der Waals surface area contributed by atoms with E-state index in [9.17, 15) is 4.79 Å². The van der Waals surface area contributed by atoms with E-state index < -0.39 is 0 Å². The summed E-state index contributed by atoms with van der Waals surface area (Å²) in [7, 11) is 0. The van der Waals surface area contributed by atoms with Gasteiger partial charge >= 0.3 is 0 Å². The zero-order valence-electron chi connectivity index (χ0n) is 18.1. The van der Waals surface area contributed by atoms with Crippen molar-refractivity contribution in [2.45, 2.75) is 25.5 Å². The molecular formula is C26H25ClN4O2. The largest absolute Gasteiger partial charge is 0.376 e. The fourth-order valence-electron chi connectivity index (χ4n) is 4.11. The molecule has 1 saturated heterocycles. The first kappa shape index (κ1) is 22.8.